The first kappa shape index (κ1) is 11.2. The fourth-order valence-electron chi connectivity index (χ4n) is 1.68. The predicted octanol–water partition coefficient (Wildman–Crippen LogP) is 0.427. The van der Waals surface area contributed by atoms with E-state index in [4.69, 9.17) is 5.11 Å². The molecule has 0 aromatic carbocycles. The third-order valence-electron chi connectivity index (χ3n) is 2.53. The van der Waals surface area contributed by atoms with Crippen molar-refractivity contribution in [3.05, 3.63) is 23.0 Å². The van der Waals surface area contributed by atoms with E-state index in [1.807, 2.05) is 0 Å². The van der Waals surface area contributed by atoms with Gasteiger partial charge in [0.1, 0.15) is 5.69 Å². The largest absolute Gasteiger partial charge is 0.505 e. The van der Waals surface area contributed by atoms with Gasteiger partial charge < -0.3 is 14.9 Å². The van der Waals surface area contributed by atoms with Crippen molar-refractivity contribution in [3.8, 4) is 0 Å². The third-order valence-corrected chi connectivity index (χ3v) is 2.53. The van der Waals surface area contributed by atoms with Crippen LogP contribution in [0.3, 0.4) is 0 Å². The topological polar surface area (TPSA) is 102 Å². The van der Waals surface area contributed by atoms with Crippen LogP contribution in [0.5, 0.6) is 0 Å². The molecule has 0 fully saturated rings. The number of methoxy groups -OCH3 is 1. The van der Waals surface area contributed by atoms with Crippen LogP contribution in [0.4, 0.5) is 0 Å². The molecule has 1 aliphatic rings. The number of hydrogen-bond acceptors (Lipinski definition) is 5. The van der Waals surface area contributed by atoms with E-state index >= 15 is 0 Å². The zero-order valence-electron chi connectivity index (χ0n) is 9.01. The summed E-state index contributed by atoms with van der Waals surface area (Å²) in [5.74, 6) is -2.16. The second-order valence-corrected chi connectivity index (χ2v) is 3.51. The zero-order valence-corrected chi connectivity index (χ0v) is 9.01. The van der Waals surface area contributed by atoms with Gasteiger partial charge in [0.15, 0.2) is 11.5 Å². The minimum atomic E-state index is -1.17. The van der Waals surface area contributed by atoms with Gasteiger partial charge in [0.2, 0.25) is 0 Å². The van der Waals surface area contributed by atoms with Crippen molar-refractivity contribution in [1.29, 1.82) is 0 Å². The van der Waals surface area contributed by atoms with Crippen molar-refractivity contribution in [2.75, 3.05) is 7.11 Å². The SMILES string of the molecule is COC(=O)c1cc2n(n1)CCC(C(=O)O)=C2O. The molecule has 17 heavy (non-hydrogen) atoms. The van der Waals surface area contributed by atoms with Crippen LogP contribution >= 0.6 is 0 Å². The lowest BCUT2D eigenvalue weighted by atomic mass is 10.1. The number of ether oxygens (including phenoxy) is 1. The lowest BCUT2D eigenvalue weighted by Gasteiger charge is -2.14. The Hall–Kier alpha value is -2.31. The summed E-state index contributed by atoms with van der Waals surface area (Å²) in [6.45, 7) is 0.304. The molecule has 0 unspecified atom stereocenters. The van der Waals surface area contributed by atoms with Crippen LogP contribution in [-0.2, 0) is 16.1 Å². The molecule has 0 saturated carbocycles. The number of carboxylic acid groups (broad SMARTS) is 1. The van der Waals surface area contributed by atoms with Crippen molar-refractivity contribution >= 4 is 17.7 Å². The van der Waals surface area contributed by atoms with Gasteiger partial charge in [0.25, 0.3) is 0 Å². The van der Waals surface area contributed by atoms with Crippen molar-refractivity contribution in [3.63, 3.8) is 0 Å². The number of rotatable bonds is 2. The predicted molar refractivity (Wildman–Crippen MR) is 55.4 cm³/mol. The minimum absolute atomic E-state index is 0.0423. The number of carbonyl (C=O) groups excluding carboxylic acids is 1. The van der Waals surface area contributed by atoms with Crippen molar-refractivity contribution < 1.29 is 24.5 Å². The molecular weight excluding hydrogens is 228 g/mol. The second kappa shape index (κ2) is 3.93. The van der Waals surface area contributed by atoms with E-state index in [2.05, 4.69) is 9.84 Å². The smallest absolute Gasteiger partial charge is 0.358 e. The van der Waals surface area contributed by atoms with Crippen molar-refractivity contribution in [1.82, 2.24) is 9.78 Å². The Morgan fingerprint density at radius 2 is 2.24 bits per heavy atom. The zero-order chi connectivity index (χ0) is 12.6. The summed E-state index contributed by atoms with van der Waals surface area (Å²) in [7, 11) is 1.22. The molecule has 0 amide bonds. The van der Waals surface area contributed by atoms with E-state index in [-0.39, 0.29) is 29.1 Å². The number of aryl methyl sites for hydroxylation is 1. The Bertz CT molecular complexity index is 529. The summed E-state index contributed by atoms with van der Waals surface area (Å²) in [4.78, 5) is 22.1. The Morgan fingerprint density at radius 1 is 1.53 bits per heavy atom. The molecule has 2 heterocycles. The number of aliphatic carboxylic acids is 1. The molecule has 2 rings (SSSR count). The Morgan fingerprint density at radius 3 is 2.82 bits per heavy atom. The quantitative estimate of drug-likeness (QED) is 0.724. The highest BCUT2D eigenvalue weighted by molar-refractivity contribution is 5.95. The monoisotopic (exact) mass is 238 g/mol. The molecule has 0 aliphatic carbocycles. The molecular formula is C10H10N2O5. The van der Waals surface area contributed by atoms with Crippen LogP contribution < -0.4 is 0 Å². The first-order valence-corrected chi connectivity index (χ1v) is 4.86. The van der Waals surface area contributed by atoms with Crippen LogP contribution in [-0.4, -0.2) is 39.0 Å². The van der Waals surface area contributed by atoms with Gasteiger partial charge in [-0.05, 0) is 0 Å². The number of hydrogen-bond donors (Lipinski definition) is 2. The van der Waals surface area contributed by atoms with Gasteiger partial charge in [-0.1, -0.05) is 0 Å². The molecule has 90 valence electrons. The van der Waals surface area contributed by atoms with E-state index in [0.717, 1.165) is 0 Å². The van der Waals surface area contributed by atoms with E-state index in [1.165, 1.54) is 17.9 Å². The fourth-order valence-corrected chi connectivity index (χ4v) is 1.68. The fraction of sp³-hybridized carbons (Fsp3) is 0.300. The number of aromatic nitrogens is 2. The molecule has 1 aliphatic heterocycles. The molecule has 0 spiro atoms. The number of carboxylic acids is 1. The van der Waals surface area contributed by atoms with Crippen molar-refractivity contribution in [2.45, 2.75) is 13.0 Å². The number of carbonyl (C=O) groups is 2. The average molecular weight is 238 g/mol. The lowest BCUT2D eigenvalue weighted by Crippen LogP contribution is -2.17. The van der Waals surface area contributed by atoms with Gasteiger partial charge >= 0.3 is 11.9 Å². The van der Waals surface area contributed by atoms with Crippen LogP contribution in [0.1, 0.15) is 22.6 Å². The highest BCUT2D eigenvalue weighted by atomic mass is 16.5. The Kier molecular flexibility index (Phi) is 2.58. The number of aliphatic hydroxyl groups excluding tert-OH is 1. The molecule has 0 radical (unpaired) electrons. The normalized spacial score (nSPS) is 14.4. The highest BCUT2D eigenvalue weighted by Crippen LogP contribution is 2.25. The van der Waals surface area contributed by atoms with Crippen LogP contribution in [0.25, 0.3) is 5.76 Å². The molecule has 1 aromatic heterocycles. The van der Waals surface area contributed by atoms with Gasteiger partial charge in [0.05, 0.1) is 12.7 Å². The number of nitrogens with zero attached hydrogens (tertiary/aromatic N) is 2. The van der Waals surface area contributed by atoms with E-state index in [0.29, 0.717) is 6.54 Å². The number of fused-ring (bicyclic) bond motifs is 1. The van der Waals surface area contributed by atoms with Gasteiger partial charge in [-0.15, -0.1) is 0 Å². The molecule has 0 bridgehead atoms. The first-order chi connectivity index (χ1) is 8.04. The number of aliphatic hydroxyl groups is 1. The maximum atomic E-state index is 11.2. The standard InChI is InChI=1S/C10H10N2O5/c1-17-10(16)6-4-7-8(13)5(9(14)15)2-3-12(7)11-6/h4,13H,2-3H2,1H3,(H,14,15). The summed E-state index contributed by atoms with van der Waals surface area (Å²) >= 11 is 0. The molecule has 7 heteroatoms. The second-order valence-electron chi connectivity index (χ2n) is 3.51. The lowest BCUT2D eigenvalue weighted by molar-refractivity contribution is -0.132. The molecule has 1 aromatic rings. The Balaban J connectivity index is 2.48. The number of esters is 1. The van der Waals surface area contributed by atoms with Crippen LogP contribution in [0.15, 0.2) is 11.6 Å². The molecule has 0 saturated heterocycles. The first-order valence-electron chi connectivity index (χ1n) is 4.86. The highest BCUT2D eigenvalue weighted by Gasteiger charge is 2.26. The summed E-state index contributed by atoms with van der Waals surface area (Å²) in [5, 5.41) is 22.5. The van der Waals surface area contributed by atoms with Gasteiger partial charge in [-0.2, -0.15) is 5.10 Å². The third kappa shape index (κ3) is 1.75. The Labute approximate surface area is 95.9 Å². The van der Waals surface area contributed by atoms with Gasteiger partial charge in [-0.3, -0.25) is 4.68 Å². The summed E-state index contributed by atoms with van der Waals surface area (Å²) in [6.07, 6.45) is 0.163. The average Bonchev–Trinajstić information content (AvgIpc) is 2.72. The van der Waals surface area contributed by atoms with E-state index in [1.54, 1.807) is 0 Å². The maximum absolute atomic E-state index is 11.2. The molecule has 0 atom stereocenters. The molecule has 2 N–H and O–H groups in total. The van der Waals surface area contributed by atoms with Crippen LogP contribution in [0.2, 0.25) is 0 Å². The van der Waals surface area contributed by atoms with E-state index in [9.17, 15) is 14.7 Å². The van der Waals surface area contributed by atoms with Gasteiger partial charge in [-0.25, -0.2) is 9.59 Å². The maximum Gasteiger partial charge on any atom is 0.358 e. The van der Waals surface area contributed by atoms with Gasteiger partial charge in [0, 0.05) is 19.0 Å². The van der Waals surface area contributed by atoms with Crippen LogP contribution in [0, 0.1) is 0 Å². The minimum Gasteiger partial charge on any atom is -0.505 e. The molecule has 7 nitrogen and oxygen atoms in total. The summed E-state index contributed by atoms with van der Waals surface area (Å²) in [6, 6.07) is 1.31. The van der Waals surface area contributed by atoms with Crippen molar-refractivity contribution in [2.24, 2.45) is 0 Å². The summed E-state index contributed by atoms with van der Waals surface area (Å²) in [5.41, 5.74) is 0.184. The summed E-state index contributed by atoms with van der Waals surface area (Å²) < 4.78 is 5.88. The van der Waals surface area contributed by atoms with E-state index < -0.39 is 11.9 Å².